The van der Waals surface area contributed by atoms with Crippen molar-refractivity contribution in [2.75, 3.05) is 10.6 Å². The van der Waals surface area contributed by atoms with Crippen molar-refractivity contribution in [1.82, 2.24) is 9.97 Å². The highest BCUT2D eigenvalue weighted by molar-refractivity contribution is 6.03. The summed E-state index contributed by atoms with van der Waals surface area (Å²) < 4.78 is 0. The first-order chi connectivity index (χ1) is 13.1. The Morgan fingerprint density at radius 1 is 1.00 bits per heavy atom. The summed E-state index contributed by atoms with van der Waals surface area (Å²) in [7, 11) is 0. The van der Waals surface area contributed by atoms with Gasteiger partial charge in [0.2, 0.25) is 5.95 Å². The zero-order chi connectivity index (χ0) is 19.2. The molecule has 0 atom stereocenters. The lowest BCUT2D eigenvalue weighted by molar-refractivity contribution is 0.102. The number of hydrogen-bond acceptors (Lipinski definition) is 4. The smallest absolute Gasteiger partial charge is 0.274 e. The van der Waals surface area contributed by atoms with Crippen molar-refractivity contribution in [2.45, 2.75) is 33.1 Å². The van der Waals surface area contributed by atoms with Crippen LogP contribution in [-0.2, 0) is 6.42 Å². The van der Waals surface area contributed by atoms with Crippen molar-refractivity contribution in [3.05, 3.63) is 77.6 Å². The van der Waals surface area contributed by atoms with Gasteiger partial charge in [0, 0.05) is 17.6 Å². The van der Waals surface area contributed by atoms with E-state index in [2.05, 4.69) is 47.4 Å². The molecule has 2 N–H and O–H groups in total. The van der Waals surface area contributed by atoms with Crippen LogP contribution in [0, 0.1) is 0 Å². The normalized spacial score (nSPS) is 10.7. The van der Waals surface area contributed by atoms with E-state index < -0.39 is 0 Å². The number of aromatic nitrogens is 2. The topological polar surface area (TPSA) is 66.9 Å². The summed E-state index contributed by atoms with van der Waals surface area (Å²) in [5, 5.41) is 6.17. The molecule has 0 unspecified atom stereocenters. The van der Waals surface area contributed by atoms with Gasteiger partial charge in [-0.1, -0.05) is 57.2 Å². The van der Waals surface area contributed by atoms with Crippen LogP contribution in [0.3, 0.4) is 0 Å². The van der Waals surface area contributed by atoms with Crippen LogP contribution in [0.5, 0.6) is 0 Å². The van der Waals surface area contributed by atoms with Gasteiger partial charge >= 0.3 is 0 Å². The van der Waals surface area contributed by atoms with Crippen LogP contribution < -0.4 is 10.6 Å². The van der Waals surface area contributed by atoms with Gasteiger partial charge in [-0.15, -0.1) is 0 Å². The van der Waals surface area contributed by atoms with Crippen molar-refractivity contribution >= 4 is 23.2 Å². The van der Waals surface area contributed by atoms with E-state index in [4.69, 9.17) is 0 Å². The largest absolute Gasteiger partial charge is 0.324 e. The molecular weight excluding hydrogens is 336 g/mol. The van der Waals surface area contributed by atoms with Crippen molar-refractivity contribution in [3.63, 3.8) is 0 Å². The van der Waals surface area contributed by atoms with Crippen LogP contribution in [0.15, 0.2) is 60.8 Å². The van der Waals surface area contributed by atoms with Crippen LogP contribution in [0.1, 0.15) is 48.3 Å². The molecule has 5 heteroatoms. The second-order valence-corrected chi connectivity index (χ2v) is 6.60. The molecule has 0 saturated heterocycles. The Hall–Kier alpha value is -3.21. The van der Waals surface area contributed by atoms with E-state index >= 15 is 0 Å². The van der Waals surface area contributed by atoms with E-state index in [9.17, 15) is 4.79 Å². The van der Waals surface area contributed by atoms with Crippen molar-refractivity contribution in [1.29, 1.82) is 0 Å². The summed E-state index contributed by atoms with van der Waals surface area (Å²) >= 11 is 0. The van der Waals surface area contributed by atoms with Crippen LogP contribution in [-0.4, -0.2) is 15.9 Å². The quantitative estimate of drug-likeness (QED) is 0.637. The molecule has 0 aliphatic heterocycles. The molecule has 3 rings (SSSR count). The number of carbonyl (C=O) groups excluding carboxylic acids is 1. The van der Waals surface area contributed by atoms with Crippen LogP contribution in [0.2, 0.25) is 0 Å². The lowest BCUT2D eigenvalue weighted by atomic mass is 10.0. The Morgan fingerprint density at radius 3 is 2.44 bits per heavy atom. The van der Waals surface area contributed by atoms with E-state index in [1.165, 1.54) is 5.56 Å². The number of nitrogens with zero attached hydrogens (tertiary/aromatic N) is 2. The lowest BCUT2D eigenvalue weighted by Crippen LogP contribution is -2.16. The number of benzene rings is 2. The Morgan fingerprint density at radius 2 is 1.70 bits per heavy atom. The molecule has 0 spiro atoms. The fourth-order valence-electron chi connectivity index (χ4n) is 2.92. The second-order valence-electron chi connectivity index (χ2n) is 6.60. The lowest BCUT2D eigenvalue weighted by Gasteiger charge is -2.14. The molecule has 1 aromatic heterocycles. The number of para-hydroxylation sites is 2. The van der Waals surface area contributed by atoms with Gasteiger partial charge < -0.3 is 10.6 Å². The van der Waals surface area contributed by atoms with Crippen molar-refractivity contribution in [3.8, 4) is 0 Å². The summed E-state index contributed by atoms with van der Waals surface area (Å²) in [6.07, 6.45) is 2.44. The third kappa shape index (κ3) is 4.50. The maximum atomic E-state index is 12.6. The molecule has 0 saturated carbocycles. The molecule has 1 amide bonds. The van der Waals surface area contributed by atoms with Gasteiger partial charge in [-0.25, -0.2) is 9.97 Å². The summed E-state index contributed by atoms with van der Waals surface area (Å²) in [5.74, 6) is 0.517. The van der Waals surface area contributed by atoms with E-state index in [0.717, 1.165) is 23.4 Å². The van der Waals surface area contributed by atoms with E-state index in [1.54, 1.807) is 12.3 Å². The molecule has 0 radical (unpaired) electrons. The predicted molar refractivity (Wildman–Crippen MR) is 110 cm³/mol. The van der Waals surface area contributed by atoms with E-state index in [-0.39, 0.29) is 5.91 Å². The molecule has 5 nitrogen and oxygen atoms in total. The van der Waals surface area contributed by atoms with Gasteiger partial charge in [-0.2, -0.15) is 0 Å². The van der Waals surface area contributed by atoms with Gasteiger partial charge in [0.25, 0.3) is 5.91 Å². The van der Waals surface area contributed by atoms with Gasteiger partial charge in [-0.05, 0) is 41.7 Å². The van der Waals surface area contributed by atoms with Gasteiger partial charge in [0.1, 0.15) is 5.69 Å². The molecule has 138 valence electrons. The maximum absolute atomic E-state index is 12.6. The fourth-order valence-corrected chi connectivity index (χ4v) is 2.92. The first-order valence-corrected chi connectivity index (χ1v) is 9.16. The summed E-state index contributed by atoms with van der Waals surface area (Å²) in [5.41, 5.74) is 4.34. The third-order valence-corrected chi connectivity index (χ3v) is 4.36. The zero-order valence-corrected chi connectivity index (χ0v) is 15.9. The monoisotopic (exact) mass is 360 g/mol. The molecule has 2 aromatic carbocycles. The minimum atomic E-state index is -0.251. The Balaban J connectivity index is 1.81. The highest BCUT2D eigenvalue weighted by Crippen LogP contribution is 2.25. The molecule has 0 aliphatic rings. The molecule has 0 bridgehead atoms. The van der Waals surface area contributed by atoms with Crippen molar-refractivity contribution < 1.29 is 4.79 Å². The Labute approximate surface area is 159 Å². The van der Waals surface area contributed by atoms with Crippen LogP contribution >= 0.6 is 0 Å². The van der Waals surface area contributed by atoms with Crippen LogP contribution in [0.25, 0.3) is 0 Å². The van der Waals surface area contributed by atoms with E-state index in [0.29, 0.717) is 17.6 Å². The third-order valence-electron chi connectivity index (χ3n) is 4.36. The predicted octanol–water partition coefficient (Wildman–Crippen LogP) is 5.16. The van der Waals surface area contributed by atoms with Crippen molar-refractivity contribution in [2.24, 2.45) is 0 Å². The summed E-state index contributed by atoms with van der Waals surface area (Å²) in [6.45, 7) is 6.33. The molecule has 1 heterocycles. The number of rotatable bonds is 6. The number of amides is 1. The molecule has 0 aliphatic carbocycles. The zero-order valence-electron chi connectivity index (χ0n) is 15.9. The molecule has 3 aromatic rings. The average Bonchev–Trinajstić information content (AvgIpc) is 2.69. The summed E-state index contributed by atoms with van der Waals surface area (Å²) in [4.78, 5) is 21.3. The molecule has 0 fully saturated rings. The van der Waals surface area contributed by atoms with E-state index in [1.807, 2.05) is 42.5 Å². The number of aryl methyl sites for hydroxylation is 1. The SMILES string of the molecule is CCc1ccccc1NC(=O)c1ccnc(Nc2ccccc2C(C)C)n1. The highest BCUT2D eigenvalue weighted by Gasteiger charge is 2.12. The minimum Gasteiger partial charge on any atom is -0.324 e. The maximum Gasteiger partial charge on any atom is 0.274 e. The number of anilines is 3. The number of nitrogens with one attached hydrogen (secondary N) is 2. The van der Waals surface area contributed by atoms with Gasteiger partial charge in [-0.3, -0.25) is 4.79 Å². The van der Waals surface area contributed by atoms with Gasteiger partial charge in [0.15, 0.2) is 0 Å². The molecular formula is C22H24N4O. The summed E-state index contributed by atoms with van der Waals surface area (Å²) in [6, 6.07) is 17.4. The Kier molecular flexibility index (Phi) is 5.81. The average molecular weight is 360 g/mol. The fraction of sp³-hybridized carbons (Fsp3) is 0.227. The standard InChI is InChI=1S/C22H24N4O/c1-4-16-9-5-7-11-18(16)24-21(27)20-13-14-23-22(26-20)25-19-12-8-6-10-17(19)15(2)3/h5-15H,4H2,1-3H3,(H,24,27)(H,23,25,26). The first kappa shape index (κ1) is 18.6. The molecule has 27 heavy (non-hydrogen) atoms. The van der Waals surface area contributed by atoms with Crippen LogP contribution in [0.4, 0.5) is 17.3 Å². The highest BCUT2D eigenvalue weighted by atomic mass is 16.1. The second kappa shape index (κ2) is 8.45. The minimum absolute atomic E-state index is 0.251. The number of hydrogen-bond donors (Lipinski definition) is 2. The Bertz CT molecular complexity index is 937. The number of carbonyl (C=O) groups is 1. The van der Waals surface area contributed by atoms with Gasteiger partial charge in [0.05, 0.1) is 0 Å². The first-order valence-electron chi connectivity index (χ1n) is 9.16.